The van der Waals surface area contributed by atoms with Gasteiger partial charge in [0, 0.05) is 38.3 Å². The number of β-amino-alcohol motifs (C(OH)–C–C–N with tert-alkyl or cyclic N) is 1. The highest BCUT2D eigenvalue weighted by molar-refractivity contribution is 5.35. The Bertz CT molecular complexity index is 351. The second-order valence-corrected chi connectivity index (χ2v) is 4.31. The second kappa shape index (κ2) is 6.00. The van der Waals surface area contributed by atoms with Crippen molar-refractivity contribution in [3.63, 3.8) is 0 Å². The highest BCUT2D eigenvalue weighted by Gasteiger charge is 2.18. The number of aliphatic hydroxyl groups is 1. The molecule has 2 N–H and O–H groups in total. The minimum atomic E-state index is -0.482. The SMILES string of the molecule is COc1ccccc1C(O)CN1CCNCC1. The molecule has 0 amide bonds. The smallest absolute Gasteiger partial charge is 0.124 e. The van der Waals surface area contributed by atoms with E-state index >= 15 is 0 Å². The van der Waals surface area contributed by atoms with Crippen LogP contribution in [-0.2, 0) is 0 Å². The van der Waals surface area contributed by atoms with Crippen molar-refractivity contribution >= 4 is 0 Å². The fraction of sp³-hybridized carbons (Fsp3) is 0.538. The molecule has 94 valence electrons. The van der Waals surface area contributed by atoms with Crippen LogP contribution in [-0.4, -0.2) is 49.8 Å². The third-order valence-electron chi connectivity index (χ3n) is 3.14. The van der Waals surface area contributed by atoms with Crippen LogP contribution in [0.3, 0.4) is 0 Å². The molecule has 1 atom stereocenters. The van der Waals surface area contributed by atoms with Crippen LogP contribution in [0.5, 0.6) is 5.75 Å². The molecule has 0 saturated carbocycles. The van der Waals surface area contributed by atoms with Crippen molar-refractivity contribution < 1.29 is 9.84 Å². The highest BCUT2D eigenvalue weighted by Crippen LogP contribution is 2.25. The summed E-state index contributed by atoms with van der Waals surface area (Å²) in [5.41, 5.74) is 0.869. The quantitative estimate of drug-likeness (QED) is 0.805. The fourth-order valence-electron chi connectivity index (χ4n) is 2.18. The number of para-hydroxylation sites is 1. The van der Waals surface area contributed by atoms with Gasteiger partial charge in [0.15, 0.2) is 0 Å². The monoisotopic (exact) mass is 236 g/mol. The molecule has 4 heteroatoms. The van der Waals surface area contributed by atoms with Gasteiger partial charge in [0.1, 0.15) is 5.75 Å². The molecular formula is C13H20N2O2. The Morgan fingerprint density at radius 2 is 2.06 bits per heavy atom. The highest BCUT2D eigenvalue weighted by atomic mass is 16.5. The molecule has 1 aromatic carbocycles. The maximum Gasteiger partial charge on any atom is 0.124 e. The number of hydrogen-bond acceptors (Lipinski definition) is 4. The first-order valence-electron chi connectivity index (χ1n) is 6.05. The van der Waals surface area contributed by atoms with Crippen molar-refractivity contribution in [3.8, 4) is 5.75 Å². The maximum absolute atomic E-state index is 10.2. The molecule has 1 aliphatic heterocycles. The molecule has 0 bridgehead atoms. The molecule has 0 aromatic heterocycles. The van der Waals surface area contributed by atoms with Crippen molar-refractivity contribution in [3.05, 3.63) is 29.8 Å². The Morgan fingerprint density at radius 1 is 1.35 bits per heavy atom. The summed E-state index contributed by atoms with van der Waals surface area (Å²) in [6.45, 7) is 4.65. The van der Waals surface area contributed by atoms with Gasteiger partial charge in [-0.15, -0.1) is 0 Å². The average Bonchev–Trinajstić information content (AvgIpc) is 2.40. The lowest BCUT2D eigenvalue weighted by molar-refractivity contribution is 0.103. The van der Waals surface area contributed by atoms with Crippen molar-refractivity contribution in [1.29, 1.82) is 0 Å². The summed E-state index contributed by atoms with van der Waals surface area (Å²) in [5, 5.41) is 13.5. The Kier molecular flexibility index (Phi) is 4.36. The Balaban J connectivity index is 2.00. The van der Waals surface area contributed by atoms with Gasteiger partial charge in [0.05, 0.1) is 13.2 Å². The Hall–Kier alpha value is -1.10. The molecule has 1 unspecified atom stereocenters. The Labute approximate surface area is 102 Å². The zero-order valence-corrected chi connectivity index (χ0v) is 10.2. The van der Waals surface area contributed by atoms with E-state index in [1.807, 2.05) is 24.3 Å². The van der Waals surface area contributed by atoms with E-state index in [0.717, 1.165) is 37.5 Å². The summed E-state index contributed by atoms with van der Waals surface area (Å²) in [6.07, 6.45) is -0.482. The molecular weight excluding hydrogens is 216 g/mol. The molecule has 0 radical (unpaired) electrons. The number of nitrogens with zero attached hydrogens (tertiary/aromatic N) is 1. The van der Waals surface area contributed by atoms with Crippen molar-refractivity contribution in [2.24, 2.45) is 0 Å². The van der Waals surface area contributed by atoms with E-state index in [4.69, 9.17) is 4.74 Å². The van der Waals surface area contributed by atoms with Gasteiger partial charge in [-0.3, -0.25) is 4.90 Å². The number of hydrogen-bond donors (Lipinski definition) is 2. The third-order valence-corrected chi connectivity index (χ3v) is 3.14. The van der Waals surface area contributed by atoms with Crippen molar-refractivity contribution in [1.82, 2.24) is 10.2 Å². The lowest BCUT2D eigenvalue weighted by Gasteiger charge is -2.29. The molecule has 1 aliphatic rings. The van der Waals surface area contributed by atoms with Crippen LogP contribution in [0.4, 0.5) is 0 Å². The lowest BCUT2D eigenvalue weighted by atomic mass is 10.1. The first kappa shape index (κ1) is 12.4. The number of nitrogens with one attached hydrogen (secondary N) is 1. The van der Waals surface area contributed by atoms with E-state index in [1.165, 1.54) is 0 Å². The molecule has 1 fully saturated rings. The van der Waals surface area contributed by atoms with E-state index in [-0.39, 0.29) is 0 Å². The second-order valence-electron chi connectivity index (χ2n) is 4.31. The fourth-order valence-corrected chi connectivity index (χ4v) is 2.18. The van der Waals surface area contributed by atoms with Crippen LogP contribution in [0.15, 0.2) is 24.3 Å². The van der Waals surface area contributed by atoms with Gasteiger partial charge in [0.25, 0.3) is 0 Å². The summed E-state index contributed by atoms with van der Waals surface area (Å²) in [6, 6.07) is 7.65. The van der Waals surface area contributed by atoms with Crippen LogP contribution in [0.2, 0.25) is 0 Å². The van der Waals surface area contributed by atoms with Crippen LogP contribution in [0.25, 0.3) is 0 Å². The average molecular weight is 236 g/mol. The lowest BCUT2D eigenvalue weighted by Crippen LogP contribution is -2.44. The van der Waals surface area contributed by atoms with Gasteiger partial charge >= 0.3 is 0 Å². The number of rotatable bonds is 4. The van der Waals surface area contributed by atoms with E-state index < -0.39 is 6.10 Å². The van der Waals surface area contributed by atoms with Gasteiger partial charge in [-0.1, -0.05) is 18.2 Å². The summed E-state index contributed by atoms with van der Waals surface area (Å²) in [7, 11) is 1.64. The molecule has 17 heavy (non-hydrogen) atoms. The Morgan fingerprint density at radius 3 is 2.76 bits per heavy atom. The minimum absolute atomic E-state index is 0.482. The summed E-state index contributed by atoms with van der Waals surface area (Å²) < 4.78 is 5.26. The molecule has 0 spiro atoms. The van der Waals surface area contributed by atoms with Crippen LogP contribution in [0, 0.1) is 0 Å². The first-order valence-corrected chi connectivity index (χ1v) is 6.05. The number of piperazine rings is 1. The molecule has 2 rings (SSSR count). The number of aliphatic hydroxyl groups excluding tert-OH is 1. The van der Waals surface area contributed by atoms with Crippen LogP contribution < -0.4 is 10.1 Å². The predicted molar refractivity (Wildman–Crippen MR) is 67.3 cm³/mol. The minimum Gasteiger partial charge on any atom is -0.496 e. The summed E-state index contributed by atoms with van der Waals surface area (Å²) in [5.74, 6) is 0.759. The third kappa shape index (κ3) is 3.19. The van der Waals surface area contributed by atoms with E-state index in [1.54, 1.807) is 7.11 Å². The van der Waals surface area contributed by atoms with Gasteiger partial charge in [-0.25, -0.2) is 0 Å². The molecule has 1 heterocycles. The van der Waals surface area contributed by atoms with Crippen molar-refractivity contribution in [2.45, 2.75) is 6.10 Å². The van der Waals surface area contributed by atoms with Gasteiger partial charge < -0.3 is 15.2 Å². The van der Waals surface area contributed by atoms with E-state index in [9.17, 15) is 5.11 Å². The van der Waals surface area contributed by atoms with E-state index in [2.05, 4.69) is 10.2 Å². The summed E-state index contributed by atoms with van der Waals surface area (Å²) in [4.78, 5) is 2.27. The molecule has 1 aromatic rings. The normalized spacial score (nSPS) is 18.9. The maximum atomic E-state index is 10.2. The van der Waals surface area contributed by atoms with Crippen LogP contribution >= 0.6 is 0 Å². The first-order chi connectivity index (χ1) is 8.31. The van der Waals surface area contributed by atoms with E-state index in [0.29, 0.717) is 6.54 Å². The summed E-state index contributed by atoms with van der Waals surface area (Å²) >= 11 is 0. The number of methoxy groups -OCH3 is 1. The largest absolute Gasteiger partial charge is 0.496 e. The zero-order chi connectivity index (χ0) is 12.1. The molecule has 0 aliphatic carbocycles. The topological polar surface area (TPSA) is 44.7 Å². The number of ether oxygens (including phenoxy) is 1. The van der Waals surface area contributed by atoms with Gasteiger partial charge in [-0.2, -0.15) is 0 Å². The van der Waals surface area contributed by atoms with Gasteiger partial charge in [0.2, 0.25) is 0 Å². The predicted octanol–water partition coefficient (Wildman–Crippen LogP) is 0.634. The number of benzene rings is 1. The molecule has 1 saturated heterocycles. The van der Waals surface area contributed by atoms with Gasteiger partial charge in [-0.05, 0) is 6.07 Å². The molecule has 4 nitrogen and oxygen atoms in total. The van der Waals surface area contributed by atoms with Crippen LogP contribution in [0.1, 0.15) is 11.7 Å². The standard InChI is InChI=1S/C13H20N2O2/c1-17-13-5-3-2-4-11(13)12(16)10-15-8-6-14-7-9-15/h2-5,12,14,16H,6-10H2,1H3. The van der Waals surface area contributed by atoms with Crippen molar-refractivity contribution in [2.75, 3.05) is 39.8 Å². The zero-order valence-electron chi connectivity index (χ0n) is 10.2.